The van der Waals surface area contributed by atoms with Crippen LogP contribution in [-0.2, 0) is 4.79 Å². The summed E-state index contributed by atoms with van der Waals surface area (Å²) < 4.78 is 6.38. The minimum absolute atomic E-state index is 0.0984. The third-order valence-corrected chi connectivity index (χ3v) is 4.14. The second-order valence-electron chi connectivity index (χ2n) is 4.76. The van der Waals surface area contributed by atoms with Crippen LogP contribution < -0.4 is 10.1 Å². The lowest BCUT2D eigenvalue weighted by molar-refractivity contribution is -0.127. The fourth-order valence-electron chi connectivity index (χ4n) is 1.78. The van der Waals surface area contributed by atoms with E-state index in [0.717, 1.165) is 17.3 Å². The summed E-state index contributed by atoms with van der Waals surface area (Å²) in [6, 6.07) is 5.22. The molecule has 0 aliphatic carbocycles. The number of hydrogen-bond acceptors (Lipinski definition) is 2. The van der Waals surface area contributed by atoms with Crippen molar-refractivity contribution in [1.29, 1.82) is 0 Å². The summed E-state index contributed by atoms with van der Waals surface area (Å²) in [7, 11) is 0. The van der Waals surface area contributed by atoms with Gasteiger partial charge in [0.15, 0.2) is 6.10 Å². The Hall–Kier alpha value is -0.740. The summed E-state index contributed by atoms with van der Waals surface area (Å²) in [6.45, 7) is 6.70. The Balaban J connectivity index is 2.53. The van der Waals surface area contributed by atoms with Crippen LogP contribution in [0.1, 0.15) is 33.6 Å². The first-order valence-corrected chi connectivity index (χ1v) is 8.04. The number of ether oxygens (including phenoxy) is 1. The quantitative estimate of drug-likeness (QED) is 0.779. The number of amides is 1. The first-order chi connectivity index (χ1) is 9.47. The van der Waals surface area contributed by atoms with Gasteiger partial charge in [0.05, 0.1) is 4.47 Å². The zero-order valence-electron chi connectivity index (χ0n) is 12.1. The average Bonchev–Trinajstić information content (AvgIpc) is 2.42. The normalized spacial score (nSPS) is 12.3. The molecule has 3 nitrogen and oxygen atoms in total. The molecule has 0 spiro atoms. The average molecular weight is 363 g/mol. The van der Waals surface area contributed by atoms with Crippen molar-refractivity contribution in [2.24, 2.45) is 5.92 Å². The molecule has 1 unspecified atom stereocenters. The Morgan fingerprint density at radius 2 is 2.05 bits per heavy atom. The molecule has 1 aromatic carbocycles. The van der Waals surface area contributed by atoms with Crippen LogP contribution in [0.2, 0.25) is 5.02 Å². The molecule has 0 saturated carbocycles. The molecule has 20 heavy (non-hydrogen) atoms. The highest BCUT2D eigenvalue weighted by Gasteiger charge is 2.16. The maximum atomic E-state index is 12.0. The van der Waals surface area contributed by atoms with Crippen molar-refractivity contribution in [3.8, 4) is 5.75 Å². The third-order valence-electron chi connectivity index (χ3n) is 3.29. The van der Waals surface area contributed by atoms with Gasteiger partial charge in [-0.1, -0.05) is 38.3 Å². The molecule has 112 valence electrons. The number of carbonyl (C=O) groups is 1. The summed E-state index contributed by atoms with van der Waals surface area (Å²) in [4.78, 5) is 12.0. The lowest BCUT2D eigenvalue weighted by Gasteiger charge is -2.18. The van der Waals surface area contributed by atoms with Crippen molar-refractivity contribution in [1.82, 2.24) is 5.32 Å². The Morgan fingerprint density at radius 3 is 2.60 bits per heavy atom. The first-order valence-electron chi connectivity index (χ1n) is 6.87. The molecule has 1 rings (SSSR count). The van der Waals surface area contributed by atoms with Gasteiger partial charge in [0.2, 0.25) is 0 Å². The van der Waals surface area contributed by atoms with Crippen molar-refractivity contribution in [3.63, 3.8) is 0 Å². The van der Waals surface area contributed by atoms with E-state index >= 15 is 0 Å². The van der Waals surface area contributed by atoms with Gasteiger partial charge in [0.1, 0.15) is 5.75 Å². The van der Waals surface area contributed by atoms with Crippen LogP contribution in [-0.4, -0.2) is 18.6 Å². The molecule has 1 aromatic rings. The molecule has 1 amide bonds. The van der Waals surface area contributed by atoms with Gasteiger partial charge >= 0.3 is 0 Å². The molecular formula is C15H21BrClNO2. The van der Waals surface area contributed by atoms with Gasteiger partial charge in [-0.05, 0) is 47.0 Å². The van der Waals surface area contributed by atoms with E-state index in [1.165, 1.54) is 0 Å². The maximum Gasteiger partial charge on any atom is 0.260 e. The van der Waals surface area contributed by atoms with Crippen LogP contribution in [0, 0.1) is 5.92 Å². The Labute approximate surface area is 134 Å². The summed E-state index contributed by atoms with van der Waals surface area (Å²) in [5.41, 5.74) is 0. The van der Waals surface area contributed by atoms with Gasteiger partial charge in [-0.2, -0.15) is 0 Å². The zero-order valence-corrected chi connectivity index (χ0v) is 14.4. The van der Waals surface area contributed by atoms with Gasteiger partial charge in [-0.25, -0.2) is 0 Å². The SMILES string of the molecule is CCC(CC)CNC(=O)C(C)Oc1ccc(Cl)cc1Br. The van der Waals surface area contributed by atoms with Crippen molar-refractivity contribution < 1.29 is 9.53 Å². The molecule has 0 fully saturated rings. The molecule has 0 radical (unpaired) electrons. The summed E-state index contributed by atoms with van der Waals surface area (Å²) in [5.74, 6) is 1.03. The molecule has 1 N–H and O–H groups in total. The van der Waals surface area contributed by atoms with Crippen molar-refractivity contribution in [2.45, 2.75) is 39.7 Å². The van der Waals surface area contributed by atoms with Crippen molar-refractivity contribution in [3.05, 3.63) is 27.7 Å². The highest BCUT2D eigenvalue weighted by molar-refractivity contribution is 9.10. The van der Waals surface area contributed by atoms with Crippen LogP contribution in [0.3, 0.4) is 0 Å². The number of halogens is 2. The predicted octanol–water partition coefficient (Wildman–Crippen LogP) is 4.42. The van der Waals surface area contributed by atoms with Crippen molar-refractivity contribution in [2.75, 3.05) is 6.54 Å². The van der Waals surface area contributed by atoms with E-state index in [1.807, 2.05) is 0 Å². The molecule has 0 bridgehead atoms. The number of benzene rings is 1. The van der Waals surface area contributed by atoms with Crippen LogP contribution in [0.5, 0.6) is 5.75 Å². The van der Waals surface area contributed by atoms with E-state index in [2.05, 4.69) is 35.1 Å². The van der Waals surface area contributed by atoms with Crippen LogP contribution in [0.15, 0.2) is 22.7 Å². The first kappa shape index (κ1) is 17.3. The Bertz CT molecular complexity index is 449. The van der Waals surface area contributed by atoms with E-state index in [-0.39, 0.29) is 5.91 Å². The number of nitrogens with one attached hydrogen (secondary N) is 1. The molecule has 0 aliphatic heterocycles. The van der Waals surface area contributed by atoms with Gasteiger partial charge in [0.25, 0.3) is 5.91 Å². The fourth-order valence-corrected chi connectivity index (χ4v) is 2.56. The van der Waals surface area contributed by atoms with E-state index in [0.29, 0.717) is 23.2 Å². The van der Waals surface area contributed by atoms with E-state index in [4.69, 9.17) is 16.3 Å². The van der Waals surface area contributed by atoms with Gasteiger partial charge in [-0.3, -0.25) is 4.79 Å². The largest absolute Gasteiger partial charge is 0.480 e. The number of hydrogen-bond donors (Lipinski definition) is 1. The fraction of sp³-hybridized carbons (Fsp3) is 0.533. The smallest absolute Gasteiger partial charge is 0.260 e. The van der Waals surface area contributed by atoms with Crippen LogP contribution >= 0.6 is 27.5 Å². The van der Waals surface area contributed by atoms with E-state index in [9.17, 15) is 4.79 Å². The highest BCUT2D eigenvalue weighted by atomic mass is 79.9. The molecule has 0 aromatic heterocycles. The lowest BCUT2D eigenvalue weighted by Crippen LogP contribution is -2.38. The standard InChI is InChI=1S/C15H21BrClNO2/c1-4-11(5-2)9-18-15(19)10(3)20-14-7-6-12(17)8-13(14)16/h6-8,10-11H,4-5,9H2,1-3H3,(H,18,19). The maximum absolute atomic E-state index is 12.0. The van der Waals surface area contributed by atoms with Gasteiger partial charge in [-0.15, -0.1) is 0 Å². The Kier molecular flexibility index (Phi) is 7.38. The number of carbonyl (C=O) groups excluding carboxylic acids is 1. The topological polar surface area (TPSA) is 38.3 Å². The lowest BCUT2D eigenvalue weighted by atomic mass is 10.0. The van der Waals surface area contributed by atoms with Gasteiger partial charge in [0, 0.05) is 11.6 Å². The highest BCUT2D eigenvalue weighted by Crippen LogP contribution is 2.28. The minimum Gasteiger partial charge on any atom is -0.480 e. The Morgan fingerprint density at radius 1 is 1.40 bits per heavy atom. The minimum atomic E-state index is -0.540. The zero-order chi connectivity index (χ0) is 15.1. The molecule has 5 heteroatoms. The second-order valence-corrected chi connectivity index (χ2v) is 6.05. The van der Waals surface area contributed by atoms with E-state index in [1.54, 1.807) is 25.1 Å². The van der Waals surface area contributed by atoms with Crippen molar-refractivity contribution >= 4 is 33.4 Å². The van der Waals surface area contributed by atoms with Gasteiger partial charge < -0.3 is 10.1 Å². The van der Waals surface area contributed by atoms with E-state index < -0.39 is 6.10 Å². The van der Waals surface area contributed by atoms with Crippen LogP contribution in [0.4, 0.5) is 0 Å². The molecular weight excluding hydrogens is 342 g/mol. The summed E-state index contributed by atoms with van der Waals surface area (Å²) in [5, 5.41) is 3.55. The molecule has 0 heterocycles. The molecule has 0 saturated heterocycles. The predicted molar refractivity (Wildman–Crippen MR) is 86.3 cm³/mol. The monoisotopic (exact) mass is 361 g/mol. The van der Waals surface area contributed by atoms with Crippen LogP contribution in [0.25, 0.3) is 0 Å². The summed E-state index contributed by atoms with van der Waals surface area (Å²) in [6.07, 6.45) is 1.59. The number of rotatable bonds is 7. The second kappa shape index (κ2) is 8.53. The molecule has 0 aliphatic rings. The summed E-state index contributed by atoms with van der Waals surface area (Å²) >= 11 is 9.24. The molecule has 1 atom stereocenters. The third kappa shape index (κ3) is 5.33.